The van der Waals surface area contributed by atoms with Gasteiger partial charge in [0, 0.05) is 42.0 Å². The van der Waals surface area contributed by atoms with E-state index in [9.17, 15) is 24.0 Å². The molecule has 2 saturated heterocycles. The summed E-state index contributed by atoms with van der Waals surface area (Å²) in [6.07, 6.45) is 1.26. The Kier molecular flexibility index (Phi) is 6.64. The molecule has 196 valence electrons. The fourth-order valence-electron chi connectivity index (χ4n) is 4.64. The van der Waals surface area contributed by atoms with Crippen LogP contribution in [0.5, 0.6) is 0 Å². The van der Waals surface area contributed by atoms with Gasteiger partial charge in [-0.15, -0.1) is 0 Å². The first kappa shape index (κ1) is 25.4. The highest BCUT2D eigenvalue weighted by Crippen LogP contribution is 2.30. The Morgan fingerprint density at radius 3 is 2.55 bits per heavy atom. The van der Waals surface area contributed by atoms with Gasteiger partial charge in [0.25, 0.3) is 11.8 Å². The van der Waals surface area contributed by atoms with Gasteiger partial charge in [-0.2, -0.15) is 0 Å². The van der Waals surface area contributed by atoms with Gasteiger partial charge in [-0.1, -0.05) is 29.8 Å². The van der Waals surface area contributed by atoms with Gasteiger partial charge < -0.3 is 21.3 Å². The first-order valence-electron chi connectivity index (χ1n) is 12.0. The van der Waals surface area contributed by atoms with Crippen LogP contribution in [0.3, 0.4) is 0 Å². The van der Waals surface area contributed by atoms with Crippen molar-refractivity contribution in [3.8, 4) is 0 Å². The predicted octanol–water partition coefficient (Wildman–Crippen LogP) is 1.74. The second kappa shape index (κ2) is 9.92. The van der Waals surface area contributed by atoms with Crippen molar-refractivity contribution in [1.29, 1.82) is 0 Å². The summed E-state index contributed by atoms with van der Waals surface area (Å²) >= 11 is 6.16. The van der Waals surface area contributed by atoms with Crippen molar-refractivity contribution < 1.29 is 24.0 Å². The molecule has 0 aromatic heterocycles. The van der Waals surface area contributed by atoms with Crippen LogP contribution in [0.15, 0.2) is 54.2 Å². The second-order valence-electron chi connectivity index (χ2n) is 9.47. The fourth-order valence-corrected chi connectivity index (χ4v) is 4.82. The molecule has 11 nitrogen and oxygen atoms in total. The number of hydrogen-bond donors (Lipinski definition) is 5. The van der Waals surface area contributed by atoms with Crippen LogP contribution in [0.4, 0.5) is 16.2 Å². The topological polar surface area (TPSA) is 149 Å². The van der Waals surface area contributed by atoms with E-state index >= 15 is 0 Å². The summed E-state index contributed by atoms with van der Waals surface area (Å²) in [6.45, 7) is 2.85. The van der Waals surface area contributed by atoms with Crippen LogP contribution in [0.1, 0.15) is 24.0 Å². The van der Waals surface area contributed by atoms with Crippen molar-refractivity contribution in [3.63, 3.8) is 0 Å². The van der Waals surface area contributed by atoms with Crippen molar-refractivity contribution in [1.82, 2.24) is 20.9 Å². The van der Waals surface area contributed by atoms with Crippen LogP contribution in [-0.2, 0) is 24.7 Å². The first-order chi connectivity index (χ1) is 18.1. The second-order valence-corrected chi connectivity index (χ2v) is 9.88. The van der Waals surface area contributed by atoms with Crippen LogP contribution >= 0.6 is 11.6 Å². The lowest BCUT2D eigenvalue weighted by Gasteiger charge is -2.43. The molecular weight excluding hydrogens is 512 g/mol. The van der Waals surface area contributed by atoms with Gasteiger partial charge in [0.2, 0.25) is 11.8 Å². The molecule has 12 heteroatoms. The summed E-state index contributed by atoms with van der Waals surface area (Å²) < 4.78 is 0. The van der Waals surface area contributed by atoms with Crippen LogP contribution in [0.2, 0.25) is 5.02 Å². The number of benzene rings is 2. The SMILES string of the molecule is Cc1ccc(NC(=O)NC2(c3cccc(NC4=CC(=O)N(C5CCC(=O)NC5=O)C4=O)c3)CNC2)cc1Cl. The summed E-state index contributed by atoms with van der Waals surface area (Å²) in [7, 11) is 0. The van der Waals surface area contributed by atoms with E-state index in [2.05, 4.69) is 26.6 Å². The third-order valence-electron chi connectivity index (χ3n) is 6.81. The van der Waals surface area contributed by atoms with Gasteiger partial charge in [0.15, 0.2) is 0 Å². The van der Waals surface area contributed by atoms with Gasteiger partial charge in [-0.25, -0.2) is 4.79 Å². The highest BCUT2D eigenvalue weighted by Gasteiger charge is 2.43. The zero-order valence-corrected chi connectivity index (χ0v) is 21.1. The van der Waals surface area contributed by atoms with E-state index in [4.69, 9.17) is 11.6 Å². The normalized spacial score (nSPS) is 20.4. The third kappa shape index (κ3) is 4.85. The van der Waals surface area contributed by atoms with Gasteiger partial charge in [-0.3, -0.25) is 29.4 Å². The van der Waals surface area contributed by atoms with E-state index in [1.807, 2.05) is 19.1 Å². The molecular formula is C26H25ClN6O5. The molecule has 2 aromatic rings. The van der Waals surface area contributed by atoms with Crippen LogP contribution in [0, 0.1) is 6.92 Å². The maximum absolute atomic E-state index is 13.0. The number of nitrogens with zero attached hydrogens (tertiary/aromatic N) is 1. The van der Waals surface area contributed by atoms with Crippen molar-refractivity contribution >= 4 is 52.6 Å². The zero-order valence-electron chi connectivity index (χ0n) is 20.4. The average molecular weight is 537 g/mol. The smallest absolute Gasteiger partial charge is 0.320 e. The Balaban J connectivity index is 1.28. The Morgan fingerprint density at radius 1 is 1.08 bits per heavy atom. The van der Waals surface area contributed by atoms with Gasteiger partial charge in [0.1, 0.15) is 11.7 Å². The van der Waals surface area contributed by atoms with Gasteiger partial charge in [-0.05, 0) is 48.7 Å². The summed E-state index contributed by atoms with van der Waals surface area (Å²) in [4.78, 5) is 62.9. The molecule has 0 radical (unpaired) electrons. The van der Waals surface area contributed by atoms with E-state index in [0.29, 0.717) is 29.5 Å². The molecule has 3 aliphatic rings. The maximum Gasteiger partial charge on any atom is 0.320 e. The predicted molar refractivity (Wildman–Crippen MR) is 139 cm³/mol. The lowest BCUT2D eigenvalue weighted by Crippen LogP contribution is -2.66. The molecule has 3 aliphatic heterocycles. The largest absolute Gasteiger partial charge is 0.351 e. The Hall–Kier alpha value is -4.22. The molecule has 0 spiro atoms. The molecule has 0 bridgehead atoms. The number of anilines is 2. The molecule has 1 unspecified atom stereocenters. The molecule has 2 fully saturated rings. The van der Waals surface area contributed by atoms with E-state index in [1.165, 1.54) is 0 Å². The fraction of sp³-hybridized carbons (Fsp3) is 0.269. The van der Waals surface area contributed by atoms with E-state index in [0.717, 1.165) is 22.1 Å². The number of piperidine rings is 1. The molecule has 2 aromatic carbocycles. The van der Waals surface area contributed by atoms with E-state index < -0.39 is 41.2 Å². The number of halogens is 1. The summed E-state index contributed by atoms with van der Waals surface area (Å²) in [5.41, 5.74) is 2.10. The molecule has 38 heavy (non-hydrogen) atoms. The first-order valence-corrected chi connectivity index (χ1v) is 12.4. The number of imide groups is 2. The molecule has 5 N–H and O–H groups in total. The highest BCUT2D eigenvalue weighted by atomic mass is 35.5. The molecule has 5 rings (SSSR count). The lowest BCUT2D eigenvalue weighted by atomic mass is 9.84. The van der Waals surface area contributed by atoms with Crippen LogP contribution in [0.25, 0.3) is 0 Å². The summed E-state index contributed by atoms with van der Waals surface area (Å²) in [5, 5.41) is 14.7. The van der Waals surface area contributed by atoms with Gasteiger partial charge in [0.05, 0.1) is 5.54 Å². The lowest BCUT2D eigenvalue weighted by molar-refractivity contribution is -0.149. The number of amides is 6. The number of rotatable bonds is 6. The molecule has 0 saturated carbocycles. The number of aryl methyl sites for hydroxylation is 1. The minimum atomic E-state index is -1.04. The summed E-state index contributed by atoms with van der Waals surface area (Å²) in [5.74, 6) is -2.38. The Morgan fingerprint density at radius 2 is 1.87 bits per heavy atom. The Labute approximate surface area is 223 Å². The number of urea groups is 1. The average Bonchev–Trinajstić information content (AvgIpc) is 3.11. The molecule has 3 heterocycles. The zero-order chi connectivity index (χ0) is 27.0. The standard InChI is InChI=1S/C26H25ClN6O5/c1-14-5-6-17(10-18(14)27)30-25(38)32-26(12-28-13-26)15-3-2-4-16(9-15)29-19-11-22(35)33(24(19)37)20-7-8-21(34)31-23(20)36/h2-6,9-11,20,28-29H,7-8,12-13H2,1H3,(H2,30,32,38)(H,31,34,36). The monoisotopic (exact) mass is 536 g/mol. The highest BCUT2D eigenvalue weighted by molar-refractivity contribution is 6.31. The van der Waals surface area contributed by atoms with Gasteiger partial charge >= 0.3 is 6.03 Å². The molecule has 0 aliphatic carbocycles. The van der Waals surface area contributed by atoms with Crippen molar-refractivity contribution in [3.05, 3.63) is 70.4 Å². The van der Waals surface area contributed by atoms with E-state index in [1.54, 1.807) is 30.3 Å². The quantitative estimate of drug-likeness (QED) is 0.353. The summed E-state index contributed by atoms with van der Waals surface area (Å²) in [6, 6.07) is 11.0. The maximum atomic E-state index is 13.0. The number of hydrogen-bond acceptors (Lipinski definition) is 7. The minimum Gasteiger partial charge on any atom is -0.351 e. The van der Waals surface area contributed by atoms with Crippen LogP contribution < -0.4 is 26.6 Å². The number of nitrogens with one attached hydrogen (secondary N) is 5. The molecule has 6 amide bonds. The van der Waals surface area contributed by atoms with E-state index in [-0.39, 0.29) is 18.5 Å². The Bertz CT molecular complexity index is 1400. The minimum absolute atomic E-state index is 0.0135. The van der Waals surface area contributed by atoms with Crippen molar-refractivity contribution in [2.75, 3.05) is 23.7 Å². The van der Waals surface area contributed by atoms with Crippen LogP contribution in [-0.4, -0.2) is 53.7 Å². The number of carbonyl (C=O) groups excluding carboxylic acids is 5. The third-order valence-corrected chi connectivity index (χ3v) is 7.21. The van der Waals surface area contributed by atoms with Crippen molar-refractivity contribution in [2.24, 2.45) is 0 Å². The van der Waals surface area contributed by atoms with Crippen molar-refractivity contribution in [2.45, 2.75) is 31.3 Å². The molecule has 1 atom stereocenters. The number of carbonyl (C=O) groups is 5.